The Morgan fingerprint density at radius 1 is 1.46 bits per heavy atom. The molecule has 2 rings (SSSR count). The molecule has 1 saturated carbocycles. The molecular weight excluding hydrogens is 162 g/mol. The van der Waals surface area contributed by atoms with Crippen molar-refractivity contribution in [3.8, 4) is 0 Å². The molecule has 1 aromatic rings. The fourth-order valence-corrected chi connectivity index (χ4v) is 1.73. The molecule has 0 aromatic carbocycles. The first-order valence-corrected chi connectivity index (χ1v) is 5.28. The van der Waals surface area contributed by atoms with Gasteiger partial charge in [0.2, 0.25) is 0 Å². The van der Waals surface area contributed by atoms with Crippen molar-refractivity contribution in [3.05, 3.63) is 11.6 Å². The molecule has 72 valence electrons. The normalized spacial score (nSPS) is 17.3. The van der Waals surface area contributed by atoms with Crippen molar-refractivity contribution < 1.29 is 0 Å². The molecule has 0 bridgehead atoms. The summed E-state index contributed by atoms with van der Waals surface area (Å²) in [5.74, 6) is 2.95. The largest absolute Gasteiger partial charge is 0.263 e. The first-order chi connectivity index (χ1) is 6.38. The maximum absolute atomic E-state index is 4.46. The lowest BCUT2D eigenvalue weighted by Crippen LogP contribution is -2.14. The van der Waals surface area contributed by atoms with Crippen molar-refractivity contribution in [3.63, 3.8) is 0 Å². The van der Waals surface area contributed by atoms with E-state index in [1.165, 1.54) is 19.3 Å². The summed E-state index contributed by atoms with van der Waals surface area (Å²) < 4.78 is 0. The van der Waals surface area contributed by atoms with Crippen LogP contribution in [-0.4, -0.2) is 15.2 Å². The highest BCUT2D eigenvalue weighted by Crippen LogP contribution is 2.28. The fraction of sp³-hybridized carbons (Fsp3) is 0.800. The first-order valence-electron chi connectivity index (χ1n) is 5.28. The van der Waals surface area contributed by atoms with Gasteiger partial charge >= 0.3 is 0 Å². The summed E-state index contributed by atoms with van der Waals surface area (Å²) in [6.45, 7) is 2.15. The van der Waals surface area contributed by atoms with Crippen LogP contribution >= 0.6 is 0 Å². The highest BCUT2D eigenvalue weighted by atomic mass is 15.2. The van der Waals surface area contributed by atoms with E-state index in [0.717, 1.165) is 36.8 Å². The van der Waals surface area contributed by atoms with Crippen LogP contribution in [0.4, 0.5) is 0 Å². The van der Waals surface area contributed by atoms with E-state index in [4.69, 9.17) is 0 Å². The summed E-state index contributed by atoms with van der Waals surface area (Å²) in [7, 11) is 0. The van der Waals surface area contributed by atoms with Gasteiger partial charge in [0, 0.05) is 12.8 Å². The Balaban J connectivity index is 1.88. The lowest BCUT2D eigenvalue weighted by atomic mass is 9.83. The van der Waals surface area contributed by atoms with Crippen LogP contribution < -0.4 is 0 Å². The van der Waals surface area contributed by atoms with Crippen LogP contribution in [0.25, 0.3) is 0 Å². The molecular formula is C10H17N3. The number of nitrogens with zero attached hydrogens (tertiary/aromatic N) is 2. The van der Waals surface area contributed by atoms with Gasteiger partial charge in [0.1, 0.15) is 5.82 Å². The molecule has 0 aliphatic heterocycles. The topological polar surface area (TPSA) is 41.6 Å². The monoisotopic (exact) mass is 179 g/mol. The molecule has 1 N–H and O–H groups in total. The summed E-state index contributed by atoms with van der Waals surface area (Å²) >= 11 is 0. The molecule has 0 saturated heterocycles. The molecule has 1 fully saturated rings. The van der Waals surface area contributed by atoms with E-state index in [1.54, 1.807) is 0 Å². The predicted octanol–water partition coefficient (Wildman–Crippen LogP) is 2.10. The second-order valence-corrected chi connectivity index (χ2v) is 3.95. The molecule has 1 aliphatic rings. The Bertz CT molecular complexity index is 263. The van der Waals surface area contributed by atoms with Gasteiger partial charge in [-0.3, -0.25) is 5.10 Å². The highest BCUT2D eigenvalue weighted by molar-refractivity contribution is 4.93. The van der Waals surface area contributed by atoms with Gasteiger partial charge in [0.25, 0.3) is 0 Å². The van der Waals surface area contributed by atoms with Crippen molar-refractivity contribution in [1.82, 2.24) is 15.2 Å². The maximum Gasteiger partial charge on any atom is 0.150 e. The zero-order valence-electron chi connectivity index (χ0n) is 8.21. The van der Waals surface area contributed by atoms with Crippen molar-refractivity contribution in [2.24, 2.45) is 5.92 Å². The van der Waals surface area contributed by atoms with Crippen LogP contribution in [0.3, 0.4) is 0 Å². The Kier molecular flexibility index (Phi) is 2.62. The first kappa shape index (κ1) is 8.73. The Morgan fingerprint density at radius 2 is 2.31 bits per heavy atom. The van der Waals surface area contributed by atoms with Crippen molar-refractivity contribution in [1.29, 1.82) is 0 Å². The number of aromatic amines is 1. The summed E-state index contributed by atoms with van der Waals surface area (Å²) in [6, 6.07) is 0. The molecule has 1 heterocycles. The van der Waals surface area contributed by atoms with E-state index in [9.17, 15) is 0 Å². The number of hydrogen-bond donors (Lipinski definition) is 1. The van der Waals surface area contributed by atoms with E-state index in [-0.39, 0.29) is 0 Å². The maximum atomic E-state index is 4.46. The Morgan fingerprint density at radius 3 is 2.92 bits per heavy atom. The van der Waals surface area contributed by atoms with Gasteiger partial charge in [-0.15, -0.1) is 0 Å². The molecule has 0 atom stereocenters. The third-order valence-electron chi connectivity index (χ3n) is 2.76. The van der Waals surface area contributed by atoms with E-state index < -0.39 is 0 Å². The highest BCUT2D eigenvalue weighted by Gasteiger charge is 2.19. The minimum atomic E-state index is 0.877. The molecule has 0 unspecified atom stereocenters. The number of aryl methyl sites for hydroxylation is 1. The summed E-state index contributed by atoms with van der Waals surface area (Å²) in [4.78, 5) is 4.46. The van der Waals surface area contributed by atoms with Gasteiger partial charge in [-0.1, -0.05) is 26.2 Å². The smallest absolute Gasteiger partial charge is 0.150 e. The predicted molar refractivity (Wildman–Crippen MR) is 51.4 cm³/mol. The second kappa shape index (κ2) is 3.90. The number of H-pyrrole nitrogens is 1. The Labute approximate surface area is 79.0 Å². The number of rotatable bonds is 4. The summed E-state index contributed by atoms with van der Waals surface area (Å²) in [5.41, 5.74) is 0. The number of hydrogen-bond acceptors (Lipinski definition) is 2. The second-order valence-electron chi connectivity index (χ2n) is 3.95. The quantitative estimate of drug-likeness (QED) is 0.769. The van der Waals surface area contributed by atoms with E-state index in [2.05, 4.69) is 22.1 Å². The average molecular weight is 179 g/mol. The molecule has 13 heavy (non-hydrogen) atoms. The van der Waals surface area contributed by atoms with Crippen LogP contribution in [0.5, 0.6) is 0 Å². The van der Waals surface area contributed by atoms with Crippen molar-refractivity contribution >= 4 is 0 Å². The van der Waals surface area contributed by atoms with Crippen LogP contribution in [0.15, 0.2) is 0 Å². The summed E-state index contributed by atoms with van der Waals surface area (Å²) in [6.07, 6.45) is 7.40. The van der Waals surface area contributed by atoms with Gasteiger partial charge in [-0.2, -0.15) is 5.10 Å². The van der Waals surface area contributed by atoms with Crippen LogP contribution in [0.2, 0.25) is 0 Å². The van der Waals surface area contributed by atoms with Crippen LogP contribution in [0, 0.1) is 5.92 Å². The molecule has 3 nitrogen and oxygen atoms in total. The third kappa shape index (κ3) is 2.08. The standard InChI is InChI=1S/C10H17N3/c1-2-4-9-11-10(13-12-9)7-8-5-3-6-8/h8H,2-7H2,1H3,(H,11,12,13). The molecule has 1 aromatic heterocycles. The number of nitrogens with one attached hydrogen (secondary N) is 1. The molecule has 1 aliphatic carbocycles. The van der Waals surface area contributed by atoms with Crippen LogP contribution in [0.1, 0.15) is 44.3 Å². The van der Waals surface area contributed by atoms with Gasteiger partial charge in [-0.05, 0) is 12.3 Å². The van der Waals surface area contributed by atoms with Gasteiger partial charge in [0.05, 0.1) is 0 Å². The summed E-state index contributed by atoms with van der Waals surface area (Å²) in [5, 5.41) is 7.21. The minimum absolute atomic E-state index is 0.877. The SMILES string of the molecule is CCCc1n[nH]c(CC2CCC2)n1. The van der Waals surface area contributed by atoms with Crippen molar-refractivity contribution in [2.45, 2.75) is 45.4 Å². The molecule has 0 spiro atoms. The zero-order chi connectivity index (χ0) is 9.10. The molecule has 3 heteroatoms. The molecule has 0 amide bonds. The minimum Gasteiger partial charge on any atom is -0.263 e. The van der Waals surface area contributed by atoms with Crippen molar-refractivity contribution in [2.75, 3.05) is 0 Å². The van der Waals surface area contributed by atoms with Gasteiger partial charge in [-0.25, -0.2) is 4.98 Å². The fourth-order valence-electron chi connectivity index (χ4n) is 1.73. The zero-order valence-corrected chi connectivity index (χ0v) is 8.21. The average Bonchev–Trinajstić information content (AvgIpc) is 2.46. The lowest BCUT2D eigenvalue weighted by Gasteiger charge is -2.23. The van der Waals surface area contributed by atoms with E-state index in [1.807, 2.05) is 0 Å². The van der Waals surface area contributed by atoms with Gasteiger partial charge < -0.3 is 0 Å². The third-order valence-corrected chi connectivity index (χ3v) is 2.76. The van der Waals surface area contributed by atoms with Crippen LogP contribution in [-0.2, 0) is 12.8 Å². The number of aromatic nitrogens is 3. The lowest BCUT2D eigenvalue weighted by molar-refractivity contribution is 0.309. The van der Waals surface area contributed by atoms with Gasteiger partial charge in [0.15, 0.2) is 5.82 Å². The molecule has 0 radical (unpaired) electrons. The Hall–Kier alpha value is -0.860. The van der Waals surface area contributed by atoms with E-state index in [0.29, 0.717) is 0 Å². The van der Waals surface area contributed by atoms with E-state index >= 15 is 0 Å².